The normalized spacial score (nSPS) is 15.5. The highest BCUT2D eigenvalue weighted by Gasteiger charge is 2.25. The molecule has 1 aliphatic heterocycles. The Balaban J connectivity index is 1.63. The Morgan fingerprint density at radius 3 is 2.60 bits per heavy atom. The number of hydrogen-bond donors (Lipinski definition) is 1. The Hall–Kier alpha value is -2.95. The maximum absolute atomic E-state index is 12.7. The molecule has 35 heavy (non-hydrogen) atoms. The molecule has 7 nitrogen and oxygen atoms in total. The van der Waals surface area contributed by atoms with E-state index in [1.54, 1.807) is 26.0 Å². The van der Waals surface area contributed by atoms with Gasteiger partial charge in [0, 0.05) is 21.7 Å². The molecule has 178 valence electrons. The van der Waals surface area contributed by atoms with Crippen LogP contribution < -0.4 is 10.1 Å². The van der Waals surface area contributed by atoms with Gasteiger partial charge in [-0.1, -0.05) is 46.3 Å². The van der Waals surface area contributed by atoms with Crippen LogP contribution in [0.2, 0.25) is 0 Å². The van der Waals surface area contributed by atoms with Crippen molar-refractivity contribution in [2.75, 3.05) is 0 Å². The molecule has 4 rings (SSSR count). The monoisotopic (exact) mass is 615 g/mol. The van der Waals surface area contributed by atoms with Crippen LogP contribution >= 0.6 is 43.6 Å². The minimum atomic E-state index is -0.431. The third kappa shape index (κ3) is 6.01. The molecule has 0 aromatic heterocycles. The van der Waals surface area contributed by atoms with E-state index in [4.69, 9.17) is 4.74 Å². The number of thioether (sulfide) groups is 1. The Morgan fingerprint density at radius 2 is 1.89 bits per heavy atom. The second-order valence-corrected chi connectivity index (χ2v) is 10.5. The molecule has 0 atom stereocenters. The number of hydrogen-bond acceptors (Lipinski definition) is 6. The van der Waals surface area contributed by atoms with Gasteiger partial charge in [-0.25, -0.2) is 4.99 Å². The van der Waals surface area contributed by atoms with Gasteiger partial charge < -0.3 is 10.1 Å². The van der Waals surface area contributed by atoms with E-state index < -0.39 is 4.92 Å². The average molecular weight is 617 g/mol. The number of nitrogens with zero attached hydrogens (tertiary/aromatic N) is 2. The topological polar surface area (TPSA) is 93.8 Å². The van der Waals surface area contributed by atoms with Crippen molar-refractivity contribution < 1.29 is 14.5 Å². The fraction of sp³-hybridized carbons (Fsp3) is 0.120. The Morgan fingerprint density at radius 1 is 1.14 bits per heavy atom. The van der Waals surface area contributed by atoms with Crippen LogP contribution in [0.15, 0.2) is 73.4 Å². The molecular weight excluding hydrogens is 598 g/mol. The maximum atomic E-state index is 12.7. The molecule has 0 radical (unpaired) electrons. The molecule has 1 saturated heterocycles. The summed E-state index contributed by atoms with van der Waals surface area (Å²) in [6, 6.07) is 16.7. The predicted octanol–water partition coefficient (Wildman–Crippen LogP) is 7.21. The van der Waals surface area contributed by atoms with Crippen LogP contribution in [0.5, 0.6) is 5.75 Å². The number of benzene rings is 3. The lowest BCUT2D eigenvalue weighted by Crippen LogP contribution is -2.19. The average Bonchev–Trinajstić information content (AvgIpc) is 3.14. The van der Waals surface area contributed by atoms with E-state index in [1.807, 2.05) is 42.5 Å². The van der Waals surface area contributed by atoms with Gasteiger partial charge in [0.2, 0.25) is 0 Å². The highest BCUT2D eigenvalue weighted by atomic mass is 79.9. The van der Waals surface area contributed by atoms with Crippen LogP contribution in [0, 0.1) is 24.0 Å². The molecule has 0 spiro atoms. The quantitative estimate of drug-likeness (QED) is 0.179. The van der Waals surface area contributed by atoms with Crippen LogP contribution in [0.4, 0.5) is 11.4 Å². The number of aliphatic imine (C=N–C) groups is 1. The lowest BCUT2D eigenvalue weighted by molar-refractivity contribution is -0.385. The highest BCUT2D eigenvalue weighted by Crippen LogP contribution is 2.37. The number of amidine groups is 1. The number of nitrogens with one attached hydrogen (secondary N) is 1. The van der Waals surface area contributed by atoms with E-state index in [2.05, 4.69) is 42.2 Å². The first-order chi connectivity index (χ1) is 16.7. The van der Waals surface area contributed by atoms with Crippen molar-refractivity contribution in [3.05, 3.63) is 101 Å². The lowest BCUT2D eigenvalue weighted by atomic mass is 10.1. The third-order valence-electron chi connectivity index (χ3n) is 5.25. The first-order valence-corrected chi connectivity index (χ1v) is 12.8. The van der Waals surface area contributed by atoms with Crippen molar-refractivity contribution in [3.8, 4) is 5.75 Å². The minimum Gasteiger partial charge on any atom is -0.487 e. The zero-order chi connectivity index (χ0) is 25.1. The number of rotatable bonds is 6. The largest absolute Gasteiger partial charge is 0.487 e. The van der Waals surface area contributed by atoms with E-state index in [1.165, 1.54) is 6.07 Å². The highest BCUT2D eigenvalue weighted by molar-refractivity contribution is 9.11. The summed E-state index contributed by atoms with van der Waals surface area (Å²) in [4.78, 5) is 28.5. The molecule has 0 aliphatic carbocycles. The van der Waals surface area contributed by atoms with Crippen molar-refractivity contribution in [3.63, 3.8) is 0 Å². The van der Waals surface area contributed by atoms with Gasteiger partial charge >= 0.3 is 0 Å². The van der Waals surface area contributed by atoms with Gasteiger partial charge in [-0.15, -0.1) is 0 Å². The van der Waals surface area contributed by atoms with E-state index in [-0.39, 0.29) is 11.6 Å². The fourth-order valence-corrected chi connectivity index (χ4v) is 5.59. The Bertz CT molecular complexity index is 1390. The summed E-state index contributed by atoms with van der Waals surface area (Å²) in [5.74, 6) is 0.297. The summed E-state index contributed by atoms with van der Waals surface area (Å²) in [5, 5.41) is 14.4. The molecular formula is C25H19Br2N3O4S. The first-order valence-electron chi connectivity index (χ1n) is 10.4. The second-order valence-electron chi connectivity index (χ2n) is 7.73. The standard InChI is InChI=1S/C25H19Br2N3O4S/c1-14-8-19(12-21(15(14)2)30(32)33)28-25-29-24(31)22(35-25)10-17-9-18(26)11-20(27)23(17)34-13-16-6-4-3-5-7-16/h3-12H,13H2,1-2H3,(H,28,29,31)/b22-10-. The number of carbonyl (C=O) groups is 1. The van der Waals surface area contributed by atoms with Crippen molar-refractivity contribution >= 4 is 72.1 Å². The van der Waals surface area contributed by atoms with Gasteiger partial charge in [0.15, 0.2) is 5.17 Å². The number of halogens is 2. The fourth-order valence-electron chi connectivity index (χ4n) is 3.38. The van der Waals surface area contributed by atoms with Gasteiger partial charge in [-0.05, 0) is 76.9 Å². The van der Waals surface area contributed by atoms with Crippen LogP contribution in [-0.2, 0) is 11.4 Å². The Labute approximate surface area is 223 Å². The van der Waals surface area contributed by atoms with E-state index in [0.717, 1.165) is 31.8 Å². The van der Waals surface area contributed by atoms with Crippen LogP contribution in [0.1, 0.15) is 22.3 Å². The van der Waals surface area contributed by atoms with Crippen LogP contribution in [0.3, 0.4) is 0 Å². The smallest absolute Gasteiger partial charge is 0.274 e. The Kier molecular flexibility index (Phi) is 7.73. The van der Waals surface area contributed by atoms with Crippen LogP contribution in [-0.4, -0.2) is 16.0 Å². The number of nitro groups is 1. The lowest BCUT2D eigenvalue weighted by Gasteiger charge is -2.12. The van der Waals surface area contributed by atoms with Crippen LogP contribution in [0.25, 0.3) is 6.08 Å². The maximum Gasteiger partial charge on any atom is 0.274 e. The van der Waals surface area contributed by atoms with E-state index in [9.17, 15) is 14.9 Å². The number of nitro benzene ring substituents is 1. The summed E-state index contributed by atoms with van der Waals surface area (Å²) in [5.41, 5.74) is 3.47. The molecule has 0 unspecified atom stereocenters. The molecule has 10 heteroatoms. The number of aryl methyl sites for hydroxylation is 1. The van der Waals surface area contributed by atoms with Crippen molar-refractivity contribution in [1.29, 1.82) is 0 Å². The molecule has 0 saturated carbocycles. The zero-order valence-corrected chi connectivity index (χ0v) is 22.7. The SMILES string of the molecule is Cc1cc(N=C2NC(=O)/C(=C/c3cc(Br)cc(Br)c3OCc3ccccc3)S2)cc([N+](=O)[O-])c1C. The molecule has 3 aromatic rings. The summed E-state index contributed by atoms with van der Waals surface area (Å²) in [7, 11) is 0. The van der Waals surface area contributed by atoms with E-state index >= 15 is 0 Å². The molecule has 1 fully saturated rings. The zero-order valence-electron chi connectivity index (χ0n) is 18.7. The predicted molar refractivity (Wildman–Crippen MR) is 146 cm³/mol. The van der Waals surface area contributed by atoms with Gasteiger partial charge in [0.25, 0.3) is 11.6 Å². The molecule has 1 N–H and O–H groups in total. The number of amides is 1. The minimum absolute atomic E-state index is 0.00590. The molecule has 1 aliphatic rings. The number of carbonyl (C=O) groups excluding carboxylic acids is 1. The van der Waals surface area contributed by atoms with Gasteiger partial charge in [-0.3, -0.25) is 14.9 Å². The molecule has 0 bridgehead atoms. The van der Waals surface area contributed by atoms with Crippen molar-refractivity contribution in [2.24, 2.45) is 4.99 Å². The summed E-state index contributed by atoms with van der Waals surface area (Å²) in [6.45, 7) is 3.86. The van der Waals surface area contributed by atoms with Crippen molar-refractivity contribution in [1.82, 2.24) is 5.32 Å². The van der Waals surface area contributed by atoms with Gasteiger partial charge in [-0.2, -0.15) is 0 Å². The van der Waals surface area contributed by atoms with Gasteiger partial charge in [0.1, 0.15) is 12.4 Å². The van der Waals surface area contributed by atoms with Gasteiger partial charge in [0.05, 0.1) is 20.0 Å². The first kappa shape index (κ1) is 25.2. The third-order valence-corrected chi connectivity index (χ3v) is 7.21. The second kappa shape index (κ2) is 10.8. The number of ether oxygens (including phenoxy) is 1. The van der Waals surface area contributed by atoms with Crippen molar-refractivity contribution in [2.45, 2.75) is 20.5 Å². The summed E-state index contributed by atoms with van der Waals surface area (Å²) in [6.07, 6.45) is 1.74. The summed E-state index contributed by atoms with van der Waals surface area (Å²) < 4.78 is 7.66. The molecule has 1 amide bonds. The molecule has 1 heterocycles. The van der Waals surface area contributed by atoms with E-state index in [0.29, 0.717) is 39.2 Å². The molecule has 3 aromatic carbocycles. The summed E-state index contributed by atoms with van der Waals surface area (Å²) >= 11 is 8.21.